The van der Waals surface area contributed by atoms with Crippen LogP contribution in [0.4, 0.5) is 4.39 Å². The van der Waals surface area contributed by atoms with E-state index in [1.807, 2.05) is 0 Å². The van der Waals surface area contributed by atoms with E-state index in [1.54, 1.807) is 30.3 Å². The summed E-state index contributed by atoms with van der Waals surface area (Å²) in [4.78, 5) is 15.7. The van der Waals surface area contributed by atoms with Gasteiger partial charge < -0.3 is 0 Å². The molecule has 0 saturated heterocycles. The average molecular weight is 221 g/mol. The number of nitrogens with zero attached hydrogens (tertiary/aromatic N) is 1. The molecule has 1 atom stereocenters. The van der Waals surface area contributed by atoms with Crippen LogP contribution in [-0.2, 0) is 0 Å². The van der Waals surface area contributed by atoms with Crippen molar-refractivity contribution in [1.29, 1.82) is 0 Å². The average Bonchev–Trinajstić information content (AvgIpc) is 2.82. The lowest BCUT2D eigenvalue weighted by molar-refractivity contribution is 0.0880. The molecule has 15 heavy (non-hydrogen) atoms. The van der Waals surface area contributed by atoms with Gasteiger partial charge in [-0.25, -0.2) is 4.39 Å². The summed E-state index contributed by atoms with van der Waals surface area (Å²) in [6.07, 6.45) is -0.212. The number of alkyl halides is 1. The van der Waals surface area contributed by atoms with Gasteiger partial charge in [0.15, 0.2) is 6.17 Å². The molecule has 0 fully saturated rings. The maximum absolute atomic E-state index is 13.7. The van der Waals surface area contributed by atoms with E-state index in [4.69, 9.17) is 0 Å². The number of carbonyl (C=O) groups excluding carboxylic acids is 1. The topological polar surface area (TPSA) is 30.0 Å². The van der Waals surface area contributed by atoms with Crippen LogP contribution in [-0.4, -0.2) is 10.8 Å². The summed E-state index contributed by atoms with van der Waals surface area (Å²) in [7, 11) is 0. The van der Waals surface area contributed by atoms with Crippen LogP contribution < -0.4 is 0 Å². The van der Waals surface area contributed by atoms with Crippen molar-refractivity contribution in [3.63, 3.8) is 0 Å². The number of hydrogen-bond donors (Lipinski definition) is 0. The van der Waals surface area contributed by atoms with E-state index >= 15 is 0 Å². The molecule has 0 spiro atoms. The van der Waals surface area contributed by atoms with E-state index in [2.05, 4.69) is 4.98 Å². The second-order valence-electron chi connectivity index (χ2n) is 3.00. The van der Waals surface area contributed by atoms with Crippen molar-refractivity contribution in [2.24, 2.45) is 0 Å². The van der Waals surface area contributed by atoms with Crippen molar-refractivity contribution in [3.8, 4) is 0 Å². The highest BCUT2D eigenvalue weighted by molar-refractivity contribution is 7.09. The Morgan fingerprint density at radius 3 is 2.67 bits per heavy atom. The normalized spacial score (nSPS) is 12.3. The predicted octanol–water partition coefficient (Wildman–Crippen LogP) is 3.04. The van der Waals surface area contributed by atoms with E-state index in [1.165, 1.54) is 11.7 Å². The Balaban J connectivity index is 2.23. The first-order chi connectivity index (χ1) is 7.29. The Kier molecular flexibility index (Phi) is 2.87. The molecule has 4 heteroatoms. The molecule has 1 aromatic heterocycles. The second-order valence-corrected chi connectivity index (χ2v) is 3.91. The number of thiazole rings is 1. The van der Waals surface area contributed by atoms with E-state index in [0.717, 1.165) is 11.3 Å². The molecule has 76 valence electrons. The molecular weight excluding hydrogens is 213 g/mol. The van der Waals surface area contributed by atoms with E-state index in [0.29, 0.717) is 10.4 Å². The zero-order chi connectivity index (χ0) is 10.7. The Hall–Kier alpha value is -1.55. The van der Waals surface area contributed by atoms with Crippen LogP contribution in [0.3, 0.4) is 0 Å². The molecule has 1 heterocycles. The molecule has 2 nitrogen and oxygen atoms in total. The quantitative estimate of drug-likeness (QED) is 0.746. The molecule has 1 unspecified atom stereocenters. The first kappa shape index (κ1) is 9.98. The number of rotatable bonds is 3. The van der Waals surface area contributed by atoms with Crippen LogP contribution in [0.5, 0.6) is 0 Å². The Morgan fingerprint density at radius 1 is 1.33 bits per heavy atom. The van der Waals surface area contributed by atoms with Gasteiger partial charge in [0, 0.05) is 11.8 Å². The van der Waals surface area contributed by atoms with Crippen LogP contribution in [0, 0.1) is 0 Å². The van der Waals surface area contributed by atoms with Gasteiger partial charge in [0.2, 0.25) is 5.78 Å². The Bertz CT molecular complexity index is 441. The fourth-order valence-corrected chi connectivity index (χ4v) is 1.82. The number of halogens is 1. The largest absolute Gasteiger partial charge is 0.290 e. The van der Waals surface area contributed by atoms with Crippen molar-refractivity contribution in [3.05, 3.63) is 52.5 Å². The fourth-order valence-electron chi connectivity index (χ4n) is 1.23. The highest BCUT2D eigenvalue weighted by atomic mass is 32.1. The second kappa shape index (κ2) is 4.31. The van der Waals surface area contributed by atoms with Crippen LogP contribution in [0.1, 0.15) is 21.4 Å². The first-order valence-electron chi connectivity index (χ1n) is 4.41. The van der Waals surface area contributed by atoms with Gasteiger partial charge in [-0.2, -0.15) is 0 Å². The number of carbonyl (C=O) groups is 1. The van der Waals surface area contributed by atoms with Gasteiger partial charge >= 0.3 is 0 Å². The zero-order valence-electron chi connectivity index (χ0n) is 7.76. The molecule has 1 aromatic carbocycles. The third-order valence-corrected chi connectivity index (χ3v) is 2.80. The minimum absolute atomic E-state index is 0.351. The Labute approximate surface area is 90.4 Å². The van der Waals surface area contributed by atoms with Crippen LogP contribution in [0.15, 0.2) is 42.0 Å². The highest BCUT2D eigenvalue weighted by Crippen LogP contribution is 2.24. The highest BCUT2D eigenvalue weighted by Gasteiger charge is 2.22. The summed E-state index contributed by atoms with van der Waals surface area (Å²) in [5.74, 6) is -0.514. The van der Waals surface area contributed by atoms with E-state index < -0.39 is 12.0 Å². The third kappa shape index (κ3) is 2.10. The lowest BCUT2D eigenvalue weighted by atomic mass is 10.1. The molecule has 2 rings (SSSR count). The van der Waals surface area contributed by atoms with Gasteiger partial charge in [0.05, 0.1) is 10.4 Å². The molecule has 0 radical (unpaired) electrons. The lowest BCUT2D eigenvalue weighted by Crippen LogP contribution is -2.06. The molecule has 0 aliphatic carbocycles. The molecule has 2 aromatic rings. The number of aromatic nitrogens is 1. The summed E-state index contributed by atoms with van der Waals surface area (Å²) in [5, 5.41) is 0. The minimum atomic E-state index is -1.60. The molecule has 0 aliphatic heterocycles. The molecular formula is C11H8FNOS. The predicted molar refractivity (Wildman–Crippen MR) is 56.7 cm³/mol. The van der Waals surface area contributed by atoms with Crippen molar-refractivity contribution in [2.75, 3.05) is 0 Å². The molecule has 0 aliphatic rings. The summed E-state index contributed by atoms with van der Waals surface area (Å²) in [6.45, 7) is 0. The van der Waals surface area contributed by atoms with Crippen molar-refractivity contribution in [2.45, 2.75) is 6.17 Å². The Morgan fingerprint density at radius 2 is 2.07 bits per heavy atom. The van der Waals surface area contributed by atoms with Gasteiger partial charge in [-0.15, -0.1) is 11.3 Å². The monoisotopic (exact) mass is 221 g/mol. The number of hydrogen-bond acceptors (Lipinski definition) is 3. The fraction of sp³-hybridized carbons (Fsp3) is 0.0909. The van der Waals surface area contributed by atoms with Crippen molar-refractivity contribution >= 4 is 17.1 Å². The van der Waals surface area contributed by atoms with E-state index in [9.17, 15) is 9.18 Å². The summed E-state index contributed by atoms with van der Waals surface area (Å²) < 4.78 is 13.7. The summed E-state index contributed by atoms with van der Waals surface area (Å²) in [6, 6.07) is 8.43. The number of Topliss-reactive ketones (excluding diaryl/α,β-unsaturated/α-hetero) is 1. The summed E-state index contributed by atoms with van der Waals surface area (Å²) in [5.41, 5.74) is 1.90. The van der Waals surface area contributed by atoms with Crippen LogP contribution >= 0.6 is 11.3 Å². The zero-order valence-corrected chi connectivity index (χ0v) is 8.58. The maximum atomic E-state index is 13.7. The molecule has 0 amide bonds. The molecule has 0 bridgehead atoms. The maximum Gasteiger partial charge on any atom is 0.202 e. The van der Waals surface area contributed by atoms with Gasteiger partial charge in [-0.1, -0.05) is 30.3 Å². The van der Waals surface area contributed by atoms with Crippen molar-refractivity contribution in [1.82, 2.24) is 4.98 Å². The minimum Gasteiger partial charge on any atom is -0.290 e. The van der Waals surface area contributed by atoms with Gasteiger partial charge in [-0.05, 0) is 0 Å². The van der Waals surface area contributed by atoms with Gasteiger partial charge in [0.25, 0.3) is 0 Å². The summed E-state index contributed by atoms with van der Waals surface area (Å²) >= 11 is 1.15. The first-order valence-corrected chi connectivity index (χ1v) is 5.28. The van der Waals surface area contributed by atoms with Crippen LogP contribution in [0.25, 0.3) is 0 Å². The SMILES string of the molecule is O=C(c1ccccc1)C(F)c1cncs1. The number of benzene rings is 1. The molecule has 0 N–H and O–H groups in total. The smallest absolute Gasteiger partial charge is 0.202 e. The number of ketones is 1. The molecule has 0 saturated carbocycles. The standard InChI is InChI=1S/C11H8FNOS/c12-10(9-6-13-7-15-9)11(14)8-4-2-1-3-5-8/h1-7,10H. The van der Waals surface area contributed by atoms with Gasteiger partial charge in [-0.3, -0.25) is 9.78 Å². The van der Waals surface area contributed by atoms with Crippen molar-refractivity contribution < 1.29 is 9.18 Å². The van der Waals surface area contributed by atoms with Crippen LogP contribution in [0.2, 0.25) is 0 Å². The lowest BCUT2D eigenvalue weighted by Gasteiger charge is -2.03. The third-order valence-electron chi connectivity index (χ3n) is 1.99. The van der Waals surface area contributed by atoms with Gasteiger partial charge in [0.1, 0.15) is 0 Å². The van der Waals surface area contributed by atoms with E-state index in [-0.39, 0.29) is 0 Å².